The van der Waals surface area contributed by atoms with E-state index in [1.54, 1.807) is 7.11 Å². The van der Waals surface area contributed by atoms with Crippen LogP contribution >= 0.6 is 23.2 Å². The number of nitrogens with zero attached hydrogens (tertiary/aromatic N) is 2. The maximum absolute atomic E-state index is 6.91. The average molecular weight is 676 g/mol. The van der Waals surface area contributed by atoms with Gasteiger partial charge in [0.2, 0.25) is 6.29 Å². The van der Waals surface area contributed by atoms with Gasteiger partial charge in [-0.3, -0.25) is 4.57 Å². The molecule has 0 aliphatic carbocycles. The van der Waals surface area contributed by atoms with Crippen molar-refractivity contribution in [3.8, 4) is 17.2 Å². The molecule has 0 radical (unpaired) electrons. The van der Waals surface area contributed by atoms with Gasteiger partial charge in [-0.2, -0.15) is 0 Å². The molecule has 4 aromatic rings. The van der Waals surface area contributed by atoms with Crippen molar-refractivity contribution < 1.29 is 23.7 Å². The highest BCUT2D eigenvalue weighted by molar-refractivity contribution is 6.76. The largest absolute Gasteiger partial charge is 0.487 e. The topological polar surface area (TPSA) is 64.0 Å². The number of rotatable bonds is 16. The average Bonchev–Trinajstić information content (AvgIpc) is 3.33. The van der Waals surface area contributed by atoms with Gasteiger partial charge in [0.25, 0.3) is 0 Å². The third-order valence-corrected chi connectivity index (χ3v) is 11.2. The Labute approximate surface area is 273 Å². The van der Waals surface area contributed by atoms with E-state index in [0.29, 0.717) is 52.5 Å². The predicted octanol–water partition coefficient (Wildman–Crippen LogP) is 10.0. The second-order valence-corrected chi connectivity index (χ2v) is 25.2. The van der Waals surface area contributed by atoms with E-state index in [2.05, 4.69) is 39.3 Å². The van der Waals surface area contributed by atoms with Gasteiger partial charge in [0.15, 0.2) is 5.82 Å². The summed E-state index contributed by atoms with van der Waals surface area (Å²) in [6.07, 6.45) is -0.685. The molecule has 44 heavy (non-hydrogen) atoms. The minimum absolute atomic E-state index is 0.251. The molecule has 0 fully saturated rings. The molecule has 0 amide bonds. The van der Waals surface area contributed by atoms with Gasteiger partial charge in [-0.25, -0.2) is 4.98 Å². The van der Waals surface area contributed by atoms with E-state index in [0.717, 1.165) is 29.2 Å². The summed E-state index contributed by atoms with van der Waals surface area (Å²) in [5.41, 5.74) is 2.24. The van der Waals surface area contributed by atoms with Gasteiger partial charge < -0.3 is 23.7 Å². The molecule has 238 valence electrons. The second kappa shape index (κ2) is 15.3. The van der Waals surface area contributed by atoms with Crippen molar-refractivity contribution in [3.63, 3.8) is 0 Å². The molecule has 0 aliphatic heterocycles. The van der Waals surface area contributed by atoms with Crippen LogP contribution in [0.15, 0.2) is 60.7 Å². The minimum Gasteiger partial charge on any atom is -0.487 e. The molecule has 1 heterocycles. The lowest BCUT2D eigenvalue weighted by atomic mass is 10.2. The van der Waals surface area contributed by atoms with E-state index in [4.69, 9.17) is 51.9 Å². The number of methoxy groups -OCH3 is 1. The Morgan fingerprint density at radius 3 is 2.09 bits per heavy atom. The summed E-state index contributed by atoms with van der Waals surface area (Å²) in [5.74, 6) is 2.55. The standard InChI is InChI=1S/C33H44Cl2N2O5Si2/c1-38-33(40-18-20-44(5,6)7)32-36-27-21-28(29(34)30(35)31(27)37(32)23-39-17-19-43(2,3)4)41-22-24-13-15-26(16-14-24)42-25-11-9-8-10-12-25/h8-16,21,33H,17-20,22-23H2,1-7H3. The van der Waals surface area contributed by atoms with Crippen LogP contribution in [-0.2, 0) is 27.5 Å². The highest BCUT2D eigenvalue weighted by atomic mass is 35.5. The molecule has 11 heteroatoms. The van der Waals surface area contributed by atoms with Gasteiger partial charge in [0.05, 0.1) is 16.1 Å². The molecule has 1 aromatic heterocycles. The number of halogens is 2. The Morgan fingerprint density at radius 2 is 1.45 bits per heavy atom. The fourth-order valence-electron chi connectivity index (χ4n) is 4.33. The summed E-state index contributed by atoms with van der Waals surface area (Å²) in [4.78, 5) is 4.91. The van der Waals surface area contributed by atoms with E-state index < -0.39 is 22.4 Å². The van der Waals surface area contributed by atoms with Crippen LogP contribution in [0.3, 0.4) is 0 Å². The molecular weight excluding hydrogens is 631 g/mol. The van der Waals surface area contributed by atoms with Gasteiger partial charge >= 0.3 is 0 Å². The third-order valence-electron chi connectivity index (χ3n) is 6.97. The van der Waals surface area contributed by atoms with Crippen LogP contribution in [0, 0.1) is 0 Å². The maximum atomic E-state index is 6.91. The smallest absolute Gasteiger partial charge is 0.217 e. The summed E-state index contributed by atoms with van der Waals surface area (Å²) in [5, 5.41) is 0.655. The van der Waals surface area contributed by atoms with Crippen LogP contribution in [0.5, 0.6) is 17.2 Å². The van der Waals surface area contributed by atoms with Crippen LogP contribution in [0.4, 0.5) is 0 Å². The van der Waals surface area contributed by atoms with Crippen LogP contribution in [0.1, 0.15) is 17.7 Å². The molecule has 3 aromatic carbocycles. The molecule has 0 aliphatic rings. The molecule has 0 spiro atoms. The van der Waals surface area contributed by atoms with E-state index in [9.17, 15) is 0 Å². The Kier molecular flexibility index (Phi) is 12.0. The van der Waals surface area contributed by atoms with Crippen molar-refractivity contribution in [2.24, 2.45) is 0 Å². The molecule has 0 N–H and O–H groups in total. The molecular formula is C33H44Cl2N2O5Si2. The number of para-hydroxylation sites is 1. The number of imidazole rings is 1. The number of fused-ring (bicyclic) bond motifs is 1. The highest BCUT2D eigenvalue weighted by Gasteiger charge is 2.26. The van der Waals surface area contributed by atoms with Crippen LogP contribution in [0.2, 0.25) is 61.4 Å². The van der Waals surface area contributed by atoms with Crippen LogP contribution < -0.4 is 9.47 Å². The first-order chi connectivity index (χ1) is 20.8. The van der Waals surface area contributed by atoms with Crippen LogP contribution in [-0.4, -0.2) is 46.0 Å². The maximum Gasteiger partial charge on any atom is 0.217 e. The van der Waals surface area contributed by atoms with E-state index >= 15 is 0 Å². The van der Waals surface area contributed by atoms with Crippen molar-refractivity contribution in [1.82, 2.24) is 9.55 Å². The minimum atomic E-state index is -1.30. The molecule has 0 saturated heterocycles. The second-order valence-electron chi connectivity index (χ2n) is 13.2. The molecule has 1 unspecified atom stereocenters. The number of hydrogen-bond acceptors (Lipinski definition) is 6. The van der Waals surface area contributed by atoms with Crippen molar-refractivity contribution in [1.29, 1.82) is 0 Å². The van der Waals surface area contributed by atoms with Crippen LogP contribution in [0.25, 0.3) is 11.0 Å². The van der Waals surface area contributed by atoms with E-state index in [-0.39, 0.29) is 6.73 Å². The Bertz CT molecular complexity index is 1500. The monoisotopic (exact) mass is 674 g/mol. The van der Waals surface area contributed by atoms with Crippen molar-refractivity contribution >= 4 is 50.4 Å². The third kappa shape index (κ3) is 9.81. The molecule has 0 bridgehead atoms. The first-order valence-corrected chi connectivity index (χ1v) is 23.1. The van der Waals surface area contributed by atoms with Gasteiger partial charge in [-0.05, 0) is 41.9 Å². The lowest BCUT2D eigenvalue weighted by Gasteiger charge is -2.21. The normalized spacial score (nSPS) is 12.9. The summed E-state index contributed by atoms with van der Waals surface area (Å²) < 4.78 is 32.1. The summed E-state index contributed by atoms with van der Waals surface area (Å²) in [6.45, 7) is 15.7. The van der Waals surface area contributed by atoms with Gasteiger partial charge in [0.1, 0.15) is 35.6 Å². The highest BCUT2D eigenvalue weighted by Crippen LogP contribution is 2.40. The zero-order valence-corrected chi connectivity index (χ0v) is 30.3. The number of benzene rings is 3. The fraction of sp³-hybridized carbons (Fsp3) is 0.424. The van der Waals surface area contributed by atoms with E-state index in [1.807, 2.05) is 65.2 Å². The number of ether oxygens (including phenoxy) is 5. The zero-order valence-electron chi connectivity index (χ0n) is 26.8. The fourth-order valence-corrected chi connectivity index (χ4v) is 6.31. The first kappa shape index (κ1) is 34.5. The quantitative estimate of drug-likeness (QED) is 0.0669. The predicted molar refractivity (Wildman–Crippen MR) is 185 cm³/mol. The number of aromatic nitrogens is 2. The zero-order chi connectivity index (χ0) is 31.9. The Hall–Kier alpha value is -2.38. The molecule has 0 saturated carbocycles. The Morgan fingerprint density at radius 1 is 0.818 bits per heavy atom. The summed E-state index contributed by atoms with van der Waals surface area (Å²) in [7, 11) is -0.943. The van der Waals surface area contributed by atoms with Gasteiger partial charge in [-0.1, -0.05) is 92.8 Å². The SMILES string of the molecule is COC(OCC[Si](C)(C)C)c1nc2cc(OCc3ccc(Oc4ccccc4)cc3)c(Cl)c(Cl)c2n1COCC[Si](C)(C)C. The van der Waals surface area contributed by atoms with E-state index in [1.165, 1.54) is 0 Å². The van der Waals surface area contributed by atoms with Gasteiger partial charge in [0, 0.05) is 42.5 Å². The first-order valence-electron chi connectivity index (χ1n) is 14.9. The lowest BCUT2D eigenvalue weighted by Crippen LogP contribution is -2.24. The van der Waals surface area contributed by atoms with Crippen molar-refractivity contribution in [2.45, 2.75) is 71.0 Å². The van der Waals surface area contributed by atoms with Gasteiger partial charge in [-0.15, -0.1) is 0 Å². The molecule has 4 rings (SSSR count). The van der Waals surface area contributed by atoms with Crippen molar-refractivity contribution in [3.05, 3.63) is 82.1 Å². The van der Waals surface area contributed by atoms with Crippen molar-refractivity contribution in [2.75, 3.05) is 20.3 Å². The summed E-state index contributed by atoms with van der Waals surface area (Å²) >= 11 is 13.7. The summed E-state index contributed by atoms with van der Waals surface area (Å²) in [6, 6.07) is 21.3. The lowest BCUT2D eigenvalue weighted by molar-refractivity contribution is -0.132. The molecule has 7 nitrogen and oxygen atoms in total. The number of hydrogen-bond donors (Lipinski definition) is 0. The molecule has 1 atom stereocenters. The Balaban J connectivity index is 1.56.